The number of likely N-dealkylation sites (N-methyl/N-ethyl adjacent to an activating group) is 1. The van der Waals surface area contributed by atoms with E-state index >= 15 is 0 Å². The highest BCUT2D eigenvalue weighted by molar-refractivity contribution is 6.05. The van der Waals surface area contributed by atoms with Crippen LogP contribution in [0.3, 0.4) is 0 Å². The first-order valence-corrected chi connectivity index (χ1v) is 7.39. The van der Waals surface area contributed by atoms with E-state index in [1.165, 1.54) is 0 Å². The first kappa shape index (κ1) is 16.8. The van der Waals surface area contributed by atoms with Gasteiger partial charge in [0.2, 0.25) is 0 Å². The number of anilines is 2. The predicted octanol–water partition coefficient (Wildman–Crippen LogP) is 2.32. The molecule has 2 rings (SSSR count). The Balaban J connectivity index is 2.04. The Hall–Kier alpha value is -2.60. The van der Waals surface area contributed by atoms with Gasteiger partial charge >= 0.3 is 0 Å². The molecule has 1 aromatic carbocycles. The molecule has 0 unspecified atom stereocenters. The lowest BCUT2D eigenvalue weighted by molar-refractivity contribution is 0.102. The second-order valence-electron chi connectivity index (χ2n) is 5.31. The SMILES string of the molecule is COc1ccccc1NC(=O)c1ccnc(NCCN(C)C)c1. The normalized spacial score (nSPS) is 10.4. The quantitative estimate of drug-likeness (QED) is 0.821. The van der Waals surface area contributed by atoms with Crippen molar-refractivity contribution < 1.29 is 9.53 Å². The van der Waals surface area contributed by atoms with Crippen molar-refractivity contribution in [1.82, 2.24) is 9.88 Å². The molecule has 0 atom stereocenters. The van der Waals surface area contributed by atoms with E-state index in [1.807, 2.05) is 26.2 Å². The summed E-state index contributed by atoms with van der Waals surface area (Å²) in [6.07, 6.45) is 1.62. The van der Waals surface area contributed by atoms with Crippen molar-refractivity contribution in [1.29, 1.82) is 0 Å². The summed E-state index contributed by atoms with van der Waals surface area (Å²) in [5.41, 5.74) is 1.18. The predicted molar refractivity (Wildman–Crippen MR) is 92.2 cm³/mol. The molecule has 0 radical (unpaired) electrons. The van der Waals surface area contributed by atoms with Crippen LogP contribution in [0.15, 0.2) is 42.6 Å². The maximum atomic E-state index is 12.4. The summed E-state index contributed by atoms with van der Waals surface area (Å²) < 4.78 is 5.24. The maximum absolute atomic E-state index is 12.4. The fourth-order valence-electron chi connectivity index (χ4n) is 2.02. The Labute approximate surface area is 136 Å². The number of para-hydroxylation sites is 2. The van der Waals surface area contributed by atoms with Crippen LogP contribution < -0.4 is 15.4 Å². The van der Waals surface area contributed by atoms with Crippen LogP contribution in [-0.2, 0) is 0 Å². The zero-order chi connectivity index (χ0) is 16.7. The molecular weight excluding hydrogens is 292 g/mol. The van der Waals surface area contributed by atoms with Gasteiger partial charge in [-0.1, -0.05) is 12.1 Å². The molecule has 0 spiro atoms. The minimum absolute atomic E-state index is 0.201. The summed E-state index contributed by atoms with van der Waals surface area (Å²) >= 11 is 0. The van der Waals surface area contributed by atoms with Crippen LogP contribution in [0, 0.1) is 0 Å². The lowest BCUT2D eigenvalue weighted by Gasteiger charge is -2.12. The molecule has 0 aliphatic rings. The van der Waals surface area contributed by atoms with Gasteiger partial charge in [-0.25, -0.2) is 4.98 Å². The molecule has 1 aromatic heterocycles. The van der Waals surface area contributed by atoms with Gasteiger partial charge in [-0.2, -0.15) is 0 Å². The van der Waals surface area contributed by atoms with Gasteiger partial charge in [-0.3, -0.25) is 4.79 Å². The average molecular weight is 314 g/mol. The second-order valence-corrected chi connectivity index (χ2v) is 5.31. The summed E-state index contributed by atoms with van der Waals surface area (Å²) in [7, 11) is 5.59. The molecular formula is C17H22N4O2. The largest absolute Gasteiger partial charge is 0.495 e. The molecule has 0 bridgehead atoms. The average Bonchev–Trinajstić information content (AvgIpc) is 2.55. The van der Waals surface area contributed by atoms with Gasteiger partial charge in [0.25, 0.3) is 5.91 Å². The summed E-state index contributed by atoms with van der Waals surface area (Å²) in [6.45, 7) is 1.65. The highest BCUT2D eigenvalue weighted by Gasteiger charge is 2.10. The molecule has 6 heteroatoms. The van der Waals surface area contributed by atoms with Crippen LogP contribution >= 0.6 is 0 Å². The van der Waals surface area contributed by atoms with Crippen LogP contribution in [0.4, 0.5) is 11.5 Å². The number of nitrogens with one attached hydrogen (secondary N) is 2. The summed E-state index contributed by atoms with van der Waals surface area (Å²) in [4.78, 5) is 18.7. The van der Waals surface area contributed by atoms with E-state index in [2.05, 4.69) is 20.5 Å². The Morgan fingerprint density at radius 1 is 1.26 bits per heavy atom. The van der Waals surface area contributed by atoms with Crippen molar-refractivity contribution in [2.75, 3.05) is 44.9 Å². The molecule has 23 heavy (non-hydrogen) atoms. The number of rotatable bonds is 7. The number of methoxy groups -OCH3 is 1. The number of carbonyl (C=O) groups excluding carboxylic acids is 1. The zero-order valence-electron chi connectivity index (χ0n) is 13.7. The minimum Gasteiger partial charge on any atom is -0.495 e. The molecule has 0 saturated heterocycles. The third-order valence-corrected chi connectivity index (χ3v) is 3.24. The van der Waals surface area contributed by atoms with Crippen molar-refractivity contribution in [2.24, 2.45) is 0 Å². The number of hydrogen-bond acceptors (Lipinski definition) is 5. The van der Waals surface area contributed by atoms with E-state index in [-0.39, 0.29) is 5.91 Å². The first-order chi connectivity index (χ1) is 11.1. The monoisotopic (exact) mass is 314 g/mol. The molecule has 2 N–H and O–H groups in total. The van der Waals surface area contributed by atoms with Gasteiger partial charge in [-0.15, -0.1) is 0 Å². The molecule has 122 valence electrons. The fraction of sp³-hybridized carbons (Fsp3) is 0.294. The van der Waals surface area contributed by atoms with Crippen LogP contribution in [0.5, 0.6) is 5.75 Å². The first-order valence-electron chi connectivity index (χ1n) is 7.39. The number of carbonyl (C=O) groups is 1. The fourth-order valence-corrected chi connectivity index (χ4v) is 2.02. The van der Waals surface area contributed by atoms with Crippen LogP contribution in [0.1, 0.15) is 10.4 Å². The van der Waals surface area contributed by atoms with Crippen molar-refractivity contribution in [2.45, 2.75) is 0 Å². The smallest absolute Gasteiger partial charge is 0.255 e. The lowest BCUT2D eigenvalue weighted by atomic mass is 10.2. The van der Waals surface area contributed by atoms with Crippen molar-refractivity contribution in [3.05, 3.63) is 48.2 Å². The van der Waals surface area contributed by atoms with Gasteiger partial charge in [0.1, 0.15) is 11.6 Å². The minimum atomic E-state index is -0.201. The number of hydrogen-bond donors (Lipinski definition) is 2. The molecule has 1 heterocycles. The second kappa shape index (κ2) is 8.14. The van der Waals surface area contributed by atoms with E-state index in [1.54, 1.807) is 37.6 Å². The van der Waals surface area contributed by atoms with E-state index in [9.17, 15) is 4.79 Å². The summed E-state index contributed by atoms with van der Waals surface area (Å²) in [6, 6.07) is 10.7. The van der Waals surface area contributed by atoms with Gasteiger partial charge in [0.15, 0.2) is 0 Å². The number of nitrogens with zero attached hydrogens (tertiary/aromatic N) is 2. The summed E-state index contributed by atoms with van der Waals surface area (Å²) in [5.74, 6) is 1.10. The van der Waals surface area contributed by atoms with E-state index in [0.29, 0.717) is 22.8 Å². The Morgan fingerprint density at radius 3 is 2.78 bits per heavy atom. The number of aromatic nitrogens is 1. The van der Waals surface area contributed by atoms with Gasteiger partial charge in [0, 0.05) is 24.8 Å². The number of amides is 1. The number of benzene rings is 1. The van der Waals surface area contributed by atoms with Crippen LogP contribution in [-0.4, -0.2) is 50.1 Å². The molecule has 0 aliphatic heterocycles. The van der Waals surface area contributed by atoms with E-state index < -0.39 is 0 Å². The third-order valence-electron chi connectivity index (χ3n) is 3.24. The highest BCUT2D eigenvalue weighted by Crippen LogP contribution is 2.23. The molecule has 0 aliphatic carbocycles. The van der Waals surface area contributed by atoms with Crippen LogP contribution in [0.25, 0.3) is 0 Å². The van der Waals surface area contributed by atoms with Crippen molar-refractivity contribution >= 4 is 17.4 Å². The lowest BCUT2D eigenvalue weighted by Crippen LogP contribution is -2.21. The third kappa shape index (κ3) is 4.96. The van der Waals surface area contributed by atoms with Crippen LogP contribution in [0.2, 0.25) is 0 Å². The number of ether oxygens (including phenoxy) is 1. The number of pyridine rings is 1. The maximum Gasteiger partial charge on any atom is 0.255 e. The van der Waals surface area contributed by atoms with Gasteiger partial charge in [0.05, 0.1) is 12.8 Å². The molecule has 1 amide bonds. The van der Waals surface area contributed by atoms with Gasteiger partial charge < -0.3 is 20.3 Å². The topological polar surface area (TPSA) is 66.5 Å². The Morgan fingerprint density at radius 2 is 2.04 bits per heavy atom. The Kier molecular flexibility index (Phi) is 5.94. The summed E-state index contributed by atoms with van der Waals surface area (Å²) in [5, 5.41) is 6.05. The van der Waals surface area contributed by atoms with Crippen molar-refractivity contribution in [3.63, 3.8) is 0 Å². The Bertz CT molecular complexity index is 659. The van der Waals surface area contributed by atoms with E-state index in [4.69, 9.17) is 4.74 Å². The standard InChI is InChI=1S/C17H22N4O2/c1-21(2)11-10-19-16-12-13(8-9-18-16)17(22)20-14-6-4-5-7-15(14)23-3/h4-9,12H,10-11H2,1-3H3,(H,18,19)(H,20,22). The highest BCUT2D eigenvalue weighted by atomic mass is 16.5. The van der Waals surface area contributed by atoms with Crippen molar-refractivity contribution in [3.8, 4) is 5.75 Å². The molecule has 0 fully saturated rings. The van der Waals surface area contributed by atoms with Gasteiger partial charge in [-0.05, 0) is 38.4 Å². The molecule has 6 nitrogen and oxygen atoms in total. The molecule has 2 aromatic rings. The molecule has 0 saturated carbocycles. The van der Waals surface area contributed by atoms with E-state index in [0.717, 1.165) is 13.1 Å². The zero-order valence-corrected chi connectivity index (χ0v) is 13.7.